The molecule has 3 rings (SSSR count). The summed E-state index contributed by atoms with van der Waals surface area (Å²) in [6.07, 6.45) is 3.08. The molecular formula is C21H22N2. The van der Waals surface area contributed by atoms with Crippen molar-refractivity contribution >= 4 is 11.3 Å². The number of nitriles is 1. The van der Waals surface area contributed by atoms with Gasteiger partial charge in [-0.05, 0) is 30.4 Å². The molecule has 0 atom stereocenters. The van der Waals surface area contributed by atoms with E-state index in [1.54, 1.807) is 0 Å². The summed E-state index contributed by atoms with van der Waals surface area (Å²) in [7, 11) is 0. The third-order valence-corrected chi connectivity index (χ3v) is 4.98. The molecule has 0 radical (unpaired) electrons. The summed E-state index contributed by atoms with van der Waals surface area (Å²) in [4.78, 5) is 0. The van der Waals surface area contributed by atoms with Crippen LogP contribution in [-0.2, 0) is 6.42 Å². The van der Waals surface area contributed by atoms with Crippen LogP contribution in [0.4, 0.5) is 0 Å². The van der Waals surface area contributed by atoms with Crippen molar-refractivity contribution in [3.05, 3.63) is 71.3 Å². The molecule has 0 amide bonds. The van der Waals surface area contributed by atoms with Crippen molar-refractivity contribution in [2.45, 2.75) is 38.6 Å². The third kappa shape index (κ3) is 2.75. The molecule has 0 aromatic heterocycles. The zero-order valence-electron chi connectivity index (χ0n) is 13.8. The SMILES string of the molecule is CCC1(CC)Cc2ccccc2/C(=C(\C#N)c2ccccc2)N1. The molecule has 2 nitrogen and oxygen atoms in total. The Labute approximate surface area is 138 Å². The quantitative estimate of drug-likeness (QED) is 0.828. The molecule has 116 valence electrons. The second-order valence-electron chi connectivity index (χ2n) is 6.17. The number of fused-ring (bicyclic) bond motifs is 1. The van der Waals surface area contributed by atoms with Crippen LogP contribution in [0.5, 0.6) is 0 Å². The topological polar surface area (TPSA) is 35.8 Å². The lowest BCUT2D eigenvalue weighted by molar-refractivity contribution is 0.334. The van der Waals surface area contributed by atoms with E-state index in [0.29, 0.717) is 0 Å². The highest BCUT2D eigenvalue weighted by atomic mass is 15.0. The number of hydrogen-bond acceptors (Lipinski definition) is 2. The molecule has 0 saturated carbocycles. The lowest BCUT2D eigenvalue weighted by Crippen LogP contribution is -2.48. The largest absolute Gasteiger partial charge is 0.378 e. The van der Waals surface area contributed by atoms with Gasteiger partial charge in [0.05, 0.1) is 11.3 Å². The highest BCUT2D eigenvalue weighted by Gasteiger charge is 2.34. The Morgan fingerprint density at radius 1 is 1.04 bits per heavy atom. The predicted octanol–water partition coefficient (Wildman–Crippen LogP) is 4.78. The van der Waals surface area contributed by atoms with Gasteiger partial charge >= 0.3 is 0 Å². The van der Waals surface area contributed by atoms with E-state index in [0.717, 1.165) is 41.7 Å². The van der Waals surface area contributed by atoms with Gasteiger partial charge < -0.3 is 5.32 Å². The van der Waals surface area contributed by atoms with Crippen LogP contribution in [0.15, 0.2) is 54.6 Å². The first-order valence-electron chi connectivity index (χ1n) is 8.29. The standard InChI is InChI=1S/C21H22N2/c1-3-21(4-2)14-17-12-8-9-13-18(17)20(23-21)19(15-22)16-10-6-5-7-11-16/h5-13,23H,3-4,14H2,1-2H3/b20-19-. The van der Waals surface area contributed by atoms with Crippen molar-refractivity contribution in [2.75, 3.05) is 0 Å². The number of rotatable bonds is 3. The van der Waals surface area contributed by atoms with Gasteiger partial charge in [-0.1, -0.05) is 68.4 Å². The lowest BCUT2D eigenvalue weighted by Gasteiger charge is -2.40. The molecule has 2 aromatic carbocycles. The van der Waals surface area contributed by atoms with Gasteiger partial charge in [-0.15, -0.1) is 0 Å². The number of nitrogens with one attached hydrogen (secondary N) is 1. The minimum Gasteiger partial charge on any atom is -0.378 e. The van der Waals surface area contributed by atoms with Crippen LogP contribution in [-0.4, -0.2) is 5.54 Å². The molecule has 0 fully saturated rings. The first-order valence-corrected chi connectivity index (χ1v) is 8.29. The van der Waals surface area contributed by atoms with Gasteiger partial charge in [-0.25, -0.2) is 0 Å². The zero-order valence-corrected chi connectivity index (χ0v) is 13.8. The predicted molar refractivity (Wildman–Crippen MR) is 95.5 cm³/mol. The van der Waals surface area contributed by atoms with Crippen molar-refractivity contribution in [2.24, 2.45) is 0 Å². The molecule has 1 N–H and O–H groups in total. The van der Waals surface area contributed by atoms with Crippen molar-refractivity contribution < 1.29 is 0 Å². The van der Waals surface area contributed by atoms with Crippen LogP contribution < -0.4 is 5.32 Å². The molecule has 0 spiro atoms. The van der Waals surface area contributed by atoms with E-state index < -0.39 is 0 Å². The van der Waals surface area contributed by atoms with Gasteiger partial charge in [0.2, 0.25) is 0 Å². The summed E-state index contributed by atoms with van der Waals surface area (Å²) in [5.74, 6) is 0. The van der Waals surface area contributed by atoms with Crippen molar-refractivity contribution in [1.82, 2.24) is 5.32 Å². The van der Waals surface area contributed by atoms with E-state index in [9.17, 15) is 5.26 Å². The van der Waals surface area contributed by atoms with Gasteiger partial charge in [-0.3, -0.25) is 0 Å². The Morgan fingerprint density at radius 2 is 1.70 bits per heavy atom. The Kier molecular flexibility index (Phi) is 4.21. The average Bonchev–Trinajstić information content (AvgIpc) is 2.63. The van der Waals surface area contributed by atoms with Crippen molar-refractivity contribution in [3.8, 4) is 6.07 Å². The summed E-state index contributed by atoms with van der Waals surface area (Å²) in [5, 5.41) is 13.6. The highest BCUT2D eigenvalue weighted by molar-refractivity contribution is 5.97. The summed E-state index contributed by atoms with van der Waals surface area (Å²) < 4.78 is 0. The van der Waals surface area contributed by atoms with Gasteiger partial charge in [0.15, 0.2) is 0 Å². The smallest absolute Gasteiger partial charge is 0.102 e. The van der Waals surface area contributed by atoms with E-state index in [1.165, 1.54) is 5.56 Å². The molecule has 2 heteroatoms. The molecule has 23 heavy (non-hydrogen) atoms. The van der Waals surface area contributed by atoms with Crippen LogP contribution in [0, 0.1) is 11.3 Å². The molecule has 0 bridgehead atoms. The fourth-order valence-electron chi connectivity index (χ4n) is 3.40. The first-order chi connectivity index (χ1) is 11.2. The summed E-state index contributed by atoms with van der Waals surface area (Å²) in [6.45, 7) is 4.44. The minimum atomic E-state index is 0.0283. The Hall–Kier alpha value is -2.53. The van der Waals surface area contributed by atoms with Crippen LogP contribution in [0.3, 0.4) is 0 Å². The van der Waals surface area contributed by atoms with Crippen LogP contribution >= 0.6 is 0 Å². The Bertz CT molecular complexity index is 762. The minimum absolute atomic E-state index is 0.0283. The number of allylic oxidation sites excluding steroid dienone is 1. The number of nitrogens with zero attached hydrogens (tertiary/aromatic N) is 1. The molecule has 1 aliphatic rings. The van der Waals surface area contributed by atoms with Gasteiger partial charge in [0.1, 0.15) is 6.07 Å². The monoisotopic (exact) mass is 302 g/mol. The Balaban J connectivity index is 2.24. The summed E-state index contributed by atoms with van der Waals surface area (Å²) in [5.41, 5.74) is 5.18. The normalized spacial score (nSPS) is 17.6. The molecule has 0 unspecified atom stereocenters. The number of benzene rings is 2. The average molecular weight is 302 g/mol. The van der Waals surface area contributed by atoms with Crippen LogP contribution in [0.2, 0.25) is 0 Å². The fourth-order valence-corrected chi connectivity index (χ4v) is 3.40. The van der Waals surface area contributed by atoms with Crippen molar-refractivity contribution in [1.29, 1.82) is 5.26 Å². The maximum absolute atomic E-state index is 9.83. The van der Waals surface area contributed by atoms with Crippen LogP contribution in [0.25, 0.3) is 11.3 Å². The van der Waals surface area contributed by atoms with Gasteiger partial charge in [0, 0.05) is 11.1 Å². The zero-order chi connectivity index (χ0) is 16.3. The second kappa shape index (κ2) is 6.30. The van der Waals surface area contributed by atoms with Gasteiger partial charge in [-0.2, -0.15) is 5.26 Å². The van der Waals surface area contributed by atoms with Crippen LogP contribution in [0.1, 0.15) is 43.4 Å². The van der Waals surface area contributed by atoms with E-state index in [4.69, 9.17) is 0 Å². The summed E-state index contributed by atoms with van der Waals surface area (Å²) in [6, 6.07) is 20.8. The molecular weight excluding hydrogens is 280 g/mol. The van der Waals surface area contributed by atoms with E-state index >= 15 is 0 Å². The molecule has 1 heterocycles. The van der Waals surface area contributed by atoms with E-state index in [-0.39, 0.29) is 5.54 Å². The second-order valence-corrected chi connectivity index (χ2v) is 6.17. The molecule has 1 aliphatic heterocycles. The fraction of sp³-hybridized carbons (Fsp3) is 0.286. The van der Waals surface area contributed by atoms with E-state index in [1.807, 2.05) is 36.4 Å². The van der Waals surface area contributed by atoms with Gasteiger partial charge in [0.25, 0.3) is 0 Å². The molecule has 0 aliphatic carbocycles. The van der Waals surface area contributed by atoms with Crippen molar-refractivity contribution in [3.63, 3.8) is 0 Å². The maximum Gasteiger partial charge on any atom is 0.102 e. The number of hydrogen-bond donors (Lipinski definition) is 1. The highest BCUT2D eigenvalue weighted by Crippen LogP contribution is 2.37. The summed E-state index contributed by atoms with van der Waals surface area (Å²) >= 11 is 0. The lowest BCUT2D eigenvalue weighted by atomic mass is 9.78. The molecule has 0 saturated heterocycles. The first kappa shape index (κ1) is 15.4. The third-order valence-electron chi connectivity index (χ3n) is 4.98. The van der Waals surface area contributed by atoms with E-state index in [2.05, 4.69) is 43.4 Å². The Morgan fingerprint density at radius 3 is 2.35 bits per heavy atom. The maximum atomic E-state index is 9.83. The molecule has 2 aromatic rings.